The summed E-state index contributed by atoms with van der Waals surface area (Å²) in [6.45, 7) is 9.06. The molecule has 1 fully saturated rings. The quantitative estimate of drug-likeness (QED) is 0.888. The van der Waals surface area contributed by atoms with E-state index in [4.69, 9.17) is 0 Å². The molecule has 0 spiro atoms. The fourth-order valence-electron chi connectivity index (χ4n) is 2.42. The number of nitrogens with one attached hydrogen (secondary N) is 1. The number of piperidine rings is 1. The average Bonchev–Trinajstić information content (AvgIpc) is 2.81. The molecular weight excluding hydrogens is 242 g/mol. The number of nitrogens with zero attached hydrogens (tertiary/aromatic N) is 2. The van der Waals surface area contributed by atoms with Crippen LogP contribution in [0.25, 0.3) is 0 Å². The van der Waals surface area contributed by atoms with E-state index in [1.807, 2.05) is 0 Å². The Bertz CT molecular complexity index is 367. The molecule has 3 nitrogen and oxygen atoms in total. The van der Waals surface area contributed by atoms with E-state index in [0.717, 1.165) is 19.5 Å². The minimum atomic E-state index is 0.468. The lowest BCUT2D eigenvalue weighted by Gasteiger charge is -2.38. The van der Waals surface area contributed by atoms with Crippen LogP contribution in [-0.4, -0.2) is 36.6 Å². The van der Waals surface area contributed by atoms with Crippen LogP contribution in [0.2, 0.25) is 0 Å². The van der Waals surface area contributed by atoms with E-state index in [0.29, 0.717) is 5.41 Å². The minimum Gasteiger partial charge on any atom is -0.311 e. The van der Waals surface area contributed by atoms with Gasteiger partial charge in [0.1, 0.15) is 0 Å². The van der Waals surface area contributed by atoms with Crippen molar-refractivity contribution in [2.45, 2.75) is 39.7 Å². The molecule has 0 aromatic carbocycles. The molecule has 0 unspecified atom stereocenters. The summed E-state index contributed by atoms with van der Waals surface area (Å²) in [7, 11) is 2.22. The molecule has 1 aliphatic rings. The SMILES string of the molecule is CCc1nc(CNCC2(C)CCN(C)CC2)cs1. The third-order valence-electron chi connectivity index (χ3n) is 3.95. The smallest absolute Gasteiger partial charge is 0.0926 e. The van der Waals surface area contributed by atoms with Gasteiger partial charge < -0.3 is 10.2 Å². The number of aryl methyl sites for hydroxylation is 1. The van der Waals surface area contributed by atoms with Crippen LogP contribution in [0.5, 0.6) is 0 Å². The van der Waals surface area contributed by atoms with Crippen molar-refractivity contribution in [3.05, 3.63) is 16.1 Å². The highest BCUT2D eigenvalue weighted by Gasteiger charge is 2.28. The van der Waals surface area contributed by atoms with Gasteiger partial charge in [-0.1, -0.05) is 13.8 Å². The zero-order chi connectivity index (χ0) is 13.0. The van der Waals surface area contributed by atoms with Crippen molar-refractivity contribution >= 4 is 11.3 Å². The molecule has 1 aromatic heterocycles. The first-order valence-electron chi connectivity index (χ1n) is 6.94. The summed E-state index contributed by atoms with van der Waals surface area (Å²) in [5.41, 5.74) is 1.67. The van der Waals surface area contributed by atoms with E-state index in [-0.39, 0.29) is 0 Å². The Morgan fingerprint density at radius 3 is 2.78 bits per heavy atom. The minimum absolute atomic E-state index is 0.468. The van der Waals surface area contributed by atoms with Gasteiger partial charge in [0.25, 0.3) is 0 Å². The standard InChI is InChI=1S/C14H25N3S/c1-4-13-16-12(10-18-13)9-15-11-14(2)5-7-17(3)8-6-14/h10,15H,4-9,11H2,1-3H3. The highest BCUT2D eigenvalue weighted by Crippen LogP contribution is 2.29. The number of hydrogen-bond acceptors (Lipinski definition) is 4. The zero-order valence-corrected chi connectivity index (χ0v) is 12.6. The average molecular weight is 267 g/mol. The van der Waals surface area contributed by atoms with Crippen LogP contribution < -0.4 is 5.32 Å². The summed E-state index contributed by atoms with van der Waals surface area (Å²) < 4.78 is 0. The Labute approximate surface area is 115 Å². The normalized spacial score (nSPS) is 20.2. The van der Waals surface area contributed by atoms with Gasteiger partial charge in [0.2, 0.25) is 0 Å². The molecule has 0 atom stereocenters. The molecule has 1 aliphatic heterocycles. The highest BCUT2D eigenvalue weighted by molar-refractivity contribution is 7.09. The van der Waals surface area contributed by atoms with Crippen LogP contribution in [0.3, 0.4) is 0 Å². The molecule has 2 heterocycles. The maximum atomic E-state index is 4.59. The van der Waals surface area contributed by atoms with Crippen LogP contribution in [-0.2, 0) is 13.0 Å². The number of thiazole rings is 1. The molecule has 1 N–H and O–H groups in total. The molecule has 1 saturated heterocycles. The Morgan fingerprint density at radius 1 is 1.44 bits per heavy atom. The van der Waals surface area contributed by atoms with Crippen LogP contribution in [0.1, 0.15) is 37.4 Å². The van der Waals surface area contributed by atoms with Crippen molar-refractivity contribution in [3.63, 3.8) is 0 Å². The summed E-state index contributed by atoms with van der Waals surface area (Å²) in [5, 5.41) is 7.02. The largest absolute Gasteiger partial charge is 0.311 e. The Hall–Kier alpha value is -0.450. The molecule has 2 rings (SSSR count). The third kappa shape index (κ3) is 3.77. The Morgan fingerprint density at radius 2 is 2.17 bits per heavy atom. The molecule has 18 heavy (non-hydrogen) atoms. The summed E-state index contributed by atoms with van der Waals surface area (Å²) in [4.78, 5) is 7.02. The molecule has 0 bridgehead atoms. The van der Waals surface area contributed by atoms with Crippen molar-refractivity contribution < 1.29 is 0 Å². The molecule has 1 aromatic rings. The lowest BCUT2D eigenvalue weighted by atomic mass is 9.80. The molecule has 4 heteroatoms. The Kier molecular flexibility index (Phi) is 4.76. The second kappa shape index (κ2) is 6.13. The van der Waals surface area contributed by atoms with Crippen molar-refractivity contribution in [3.8, 4) is 0 Å². The van der Waals surface area contributed by atoms with Gasteiger partial charge in [-0.05, 0) is 44.8 Å². The molecule has 0 saturated carbocycles. The maximum Gasteiger partial charge on any atom is 0.0926 e. The number of aromatic nitrogens is 1. The molecule has 102 valence electrons. The second-order valence-electron chi connectivity index (χ2n) is 5.80. The number of rotatable bonds is 5. The fraction of sp³-hybridized carbons (Fsp3) is 0.786. The van der Waals surface area contributed by atoms with Gasteiger partial charge in [-0.15, -0.1) is 11.3 Å². The molecule has 0 amide bonds. The van der Waals surface area contributed by atoms with Crippen LogP contribution >= 0.6 is 11.3 Å². The molecular formula is C14H25N3S. The van der Waals surface area contributed by atoms with E-state index in [1.165, 1.54) is 36.6 Å². The van der Waals surface area contributed by atoms with E-state index in [2.05, 4.69) is 41.5 Å². The van der Waals surface area contributed by atoms with Gasteiger partial charge in [-0.3, -0.25) is 0 Å². The van der Waals surface area contributed by atoms with Crippen LogP contribution in [0.4, 0.5) is 0 Å². The third-order valence-corrected chi connectivity index (χ3v) is 5.00. The molecule has 0 radical (unpaired) electrons. The van der Waals surface area contributed by atoms with Crippen molar-refractivity contribution in [2.24, 2.45) is 5.41 Å². The number of hydrogen-bond donors (Lipinski definition) is 1. The lowest BCUT2D eigenvalue weighted by Crippen LogP contribution is -2.41. The number of likely N-dealkylation sites (tertiary alicyclic amines) is 1. The first-order chi connectivity index (χ1) is 8.61. The summed E-state index contributed by atoms with van der Waals surface area (Å²) in [5.74, 6) is 0. The van der Waals surface area contributed by atoms with E-state index >= 15 is 0 Å². The predicted molar refractivity (Wildman–Crippen MR) is 78.0 cm³/mol. The van der Waals surface area contributed by atoms with Crippen LogP contribution in [0, 0.1) is 5.41 Å². The van der Waals surface area contributed by atoms with E-state index in [9.17, 15) is 0 Å². The van der Waals surface area contributed by atoms with Gasteiger partial charge in [0.15, 0.2) is 0 Å². The fourth-order valence-corrected chi connectivity index (χ4v) is 3.16. The maximum absolute atomic E-state index is 4.59. The lowest BCUT2D eigenvalue weighted by molar-refractivity contribution is 0.136. The second-order valence-corrected chi connectivity index (χ2v) is 6.75. The topological polar surface area (TPSA) is 28.2 Å². The first-order valence-corrected chi connectivity index (χ1v) is 7.82. The first kappa shape index (κ1) is 14.0. The van der Waals surface area contributed by atoms with Gasteiger partial charge in [0.05, 0.1) is 10.7 Å². The van der Waals surface area contributed by atoms with Crippen molar-refractivity contribution in [1.29, 1.82) is 0 Å². The zero-order valence-electron chi connectivity index (χ0n) is 11.8. The van der Waals surface area contributed by atoms with Gasteiger partial charge in [-0.2, -0.15) is 0 Å². The molecule has 0 aliphatic carbocycles. The Balaban J connectivity index is 1.74. The predicted octanol–water partition coefficient (Wildman–Crippen LogP) is 2.53. The van der Waals surface area contributed by atoms with Crippen LogP contribution in [0.15, 0.2) is 5.38 Å². The summed E-state index contributed by atoms with van der Waals surface area (Å²) in [6.07, 6.45) is 3.65. The van der Waals surface area contributed by atoms with E-state index in [1.54, 1.807) is 11.3 Å². The monoisotopic (exact) mass is 267 g/mol. The van der Waals surface area contributed by atoms with Crippen molar-refractivity contribution in [1.82, 2.24) is 15.2 Å². The van der Waals surface area contributed by atoms with Gasteiger partial charge >= 0.3 is 0 Å². The highest BCUT2D eigenvalue weighted by atomic mass is 32.1. The van der Waals surface area contributed by atoms with Gasteiger partial charge in [-0.25, -0.2) is 4.98 Å². The van der Waals surface area contributed by atoms with E-state index < -0.39 is 0 Å². The van der Waals surface area contributed by atoms with Crippen molar-refractivity contribution in [2.75, 3.05) is 26.7 Å². The summed E-state index contributed by atoms with van der Waals surface area (Å²) in [6, 6.07) is 0. The van der Waals surface area contributed by atoms with Gasteiger partial charge in [0, 0.05) is 18.5 Å². The summed E-state index contributed by atoms with van der Waals surface area (Å²) >= 11 is 1.78.